The van der Waals surface area contributed by atoms with E-state index in [0.29, 0.717) is 16.7 Å². The number of carbonyl (C=O) groups is 3. The largest absolute Gasteiger partial charge is 0.451 e. The molecule has 2 rings (SSSR count). The zero-order chi connectivity index (χ0) is 13.7. The Hall–Kier alpha value is -1.97. The third-order valence-corrected chi connectivity index (χ3v) is 3.13. The number of rotatable bonds is 2. The minimum Gasteiger partial charge on any atom is -0.451 e. The molecule has 1 heterocycles. The Morgan fingerprint density at radius 3 is 2.06 bits per heavy atom. The fraction of sp³-hybridized carbons (Fsp3) is 0.357. The number of ketones is 2. The predicted molar refractivity (Wildman–Crippen MR) is 64.9 cm³/mol. The summed E-state index contributed by atoms with van der Waals surface area (Å²) in [5, 5.41) is 0. The Bertz CT molecular complexity index is 582. The van der Waals surface area contributed by atoms with Gasteiger partial charge in [0.1, 0.15) is 5.60 Å². The zero-order valence-electron chi connectivity index (χ0n) is 10.8. The second-order valence-corrected chi connectivity index (χ2v) is 4.96. The van der Waals surface area contributed by atoms with Crippen molar-refractivity contribution in [1.29, 1.82) is 0 Å². The summed E-state index contributed by atoms with van der Waals surface area (Å²) in [6.45, 7) is 6.29. The van der Waals surface area contributed by atoms with Crippen LogP contribution in [-0.4, -0.2) is 17.5 Å². The molecule has 0 bridgehead atoms. The minimum atomic E-state index is -0.758. The van der Waals surface area contributed by atoms with Crippen molar-refractivity contribution in [1.82, 2.24) is 0 Å². The van der Waals surface area contributed by atoms with Crippen LogP contribution in [0.5, 0.6) is 0 Å². The van der Waals surface area contributed by atoms with Crippen molar-refractivity contribution in [2.75, 3.05) is 0 Å². The van der Waals surface area contributed by atoms with E-state index in [9.17, 15) is 14.4 Å². The second kappa shape index (κ2) is 3.77. The van der Waals surface area contributed by atoms with Gasteiger partial charge in [-0.25, -0.2) is 4.79 Å². The summed E-state index contributed by atoms with van der Waals surface area (Å²) in [5.74, 6) is -0.883. The van der Waals surface area contributed by atoms with Gasteiger partial charge >= 0.3 is 5.97 Å². The Morgan fingerprint density at radius 2 is 1.56 bits per heavy atom. The summed E-state index contributed by atoms with van der Waals surface area (Å²) >= 11 is 0. The molecule has 0 N–H and O–H groups in total. The lowest BCUT2D eigenvalue weighted by molar-refractivity contribution is 0.00953. The van der Waals surface area contributed by atoms with E-state index < -0.39 is 11.6 Å². The molecule has 1 aromatic rings. The molecule has 1 aliphatic rings. The van der Waals surface area contributed by atoms with Crippen LogP contribution in [-0.2, 0) is 10.3 Å². The van der Waals surface area contributed by atoms with E-state index in [-0.39, 0.29) is 17.1 Å². The van der Waals surface area contributed by atoms with Gasteiger partial charge in [-0.15, -0.1) is 0 Å². The zero-order valence-corrected chi connectivity index (χ0v) is 10.8. The summed E-state index contributed by atoms with van der Waals surface area (Å²) in [4.78, 5) is 34.8. The molecular weight excluding hydrogens is 232 g/mol. The monoisotopic (exact) mass is 246 g/mol. The third kappa shape index (κ3) is 1.74. The average Bonchev–Trinajstić information content (AvgIpc) is 2.47. The molecule has 0 amide bonds. The third-order valence-electron chi connectivity index (χ3n) is 3.13. The quantitative estimate of drug-likeness (QED) is 0.594. The number of Topliss-reactive ketones (excluding diaryl/α,β-unsaturated/α-hetero) is 2. The fourth-order valence-corrected chi connectivity index (χ4v) is 2.19. The number of fused-ring (bicyclic) bond motifs is 1. The Balaban J connectivity index is 2.77. The number of cyclic esters (lactones) is 1. The molecule has 0 radical (unpaired) electrons. The molecule has 0 aliphatic carbocycles. The van der Waals surface area contributed by atoms with Crippen LogP contribution in [0.25, 0.3) is 0 Å². The van der Waals surface area contributed by atoms with Gasteiger partial charge in [0.05, 0.1) is 5.56 Å². The van der Waals surface area contributed by atoms with Gasteiger partial charge in [-0.05, 0) is 39.8 Å². The van der Waals surface area contributed by atoms with E-state index in [1.54, 1.807) is 19.9 Å². The number of ether oxygens (including phenoxy) is 1. The first-order valence-corrected chi connectivity index (χ1v) is 5.68. The number of hydrogen-bond acceptors (Lipinski definition) is 4. The molecule has 94 valence electrons. The number of carbonyl (C=O) groups excluding carboxylic acids is 3. The van der Waals surface area contributed by atoms with Crippen LogP contribution in [0.3, 0.4) is 0 Å². The van der Waals surface area contributed by atoms with Crippen LogP contribution in [0, 0.1) is 0 Å². The van der Waals surface area contributed by atoms with E-state index in [2.05, 4.69) is 0 Å². The van der Waals surface area contributed by atoms with Gasteiger partial charge in [-0.1, -0.05) is 0 Å². The first-order valence-electron chi connectivity index (χ1n) is 5.68. The molecule has 0 fully saturated rings. The lowest BCUT2D eigenvalue weighted by Gasteiger charge is -2.18. The molecule has 0 atom stereocenters. The summed E-state index contributed by atoms with van der Waals surface area (Å²) in [6.07, 6.45) is 0. The topological polar surface area (TPSA) is 60.4 Å². The van der Waals surface area contributed by atoms with Crippen molar-refractivity contribution in [2.45, 2.75) is 33.3 Å². The molecule has 1 aromatic carbocycles. The average molecular weight is 246 g/mol. The van der Waals surface area contributed by atoms with Crippen LogP contribution < -0.4 is 0 Å². The maximum absolute atomic E-state index is 11.7. The normalized spacial score (nSPS) is 16.1. The highest BCUT2D eigenvalue weighted by molar-refractivity contribution is 6.09. The molecule has 18 heavy (non-hydrogen) atoms. The van der Waals surface area contributed by atoms with Crippen LogP contribution >= 0.6 is 0 Å². The van der Waals surface area contributed by atoms with Crippen molar-refractivity contribution >= 4 is 17.5 Å². The summed E-state index contributed by atoms with van der Waals surface area (Å²) in [5.41, 5.74) is 0.882. The van der Waals surface area contributed by atoms with Gasteiger partial charge in [0.2, 0.25) is 0 Å². The minimum absolute atomic E-state index is 0.196. The first kappa shape index (κ1) is 12.5. The number of hydrogen-bond donors (Lipinski definition) is 0. The van der Waals surface area contributed by atoms with Crippen molar-refractivity contribution in [2.24, 2.45) is 0 Å². The van der Waals surface area contributed by atoms with Crippen molar-refractivity contribution < 1.29 is 19.1 Å². The van der Waals surface area contributed by atoms with Gasteiger partial charge in [-0.2, -0.15) is 0 Å². The van der Waals surface area contributed by atoms with Crippen LogP contribution in [0.4, 0.5) is 0 Å². The highest BCUT2D eigenvalue weighted by atomic mass is 16.6. The van der Waals surface area contributed by atoms with E-state index in [1.165, 1.54) is 19.9 Å². The van der Waals surface area contributed by atoms with Crippen LogP contribution in [0.15, 0.2) is 12.1 Å². The summed E-state index contributed by atoms with van der Waals surface area (Å²) in [7, 11) is 0. The SMILES string of the molecule is CC(=O)c1cc2c(cc1C(C)=O)C(C)(C)OC2=O. The maximum atomic E-state index is 11.7. The van der Waals surface area contributed by atoms with E-state index in [4.69, 9.17) is 4.74 Å². The van der Waals surface area contributed by atoms with Crippen molar-refractivity contribution in [3.63, 3.8) is 0 Å². The molecule has 0 unspecified atom stereocenters. The molecular formula is C14H14O4. The van der Waals surface area contributed by atoms with Gasteiger partial charge in [0.15, 0.2) is 11.6 Å². The molecule has 0 aromatic heterocycles. The van der Waals surface area contributed by atoms with E-state index >= 15 is 0 Å². The fourth-order valence-electron chi connectivity index (χ4n) is 2.19. The Labute approximate surface area is 105 Å². The molecule has 4 heteroatoms. The maximum Gasteiger partial charge on any atom is 0.339 e. The molecule has 1 aliphatic heterocycles. The van der Waals surface area contributed by atoms with E-state index in [0.717, 1.165) is 0 Å². The second-order valence-electron chi connectivity index (χ2n) is 4.96. The lowest BCUT2D eigenvalue weighted by atomic mass is 9.89. The Morgan fingerprint density at radius 1 is 1.06 bits per heavy atom. The van der Waals surface area contributed by atoms with Crippen LogP contribution in [0.1, 0.15) is 64.3 Å². The number of esters is 1. The van der Waals surface area contributed by atoms with Gasteiger partial charge < -0.3 is 4.74 Å². The highest BCUT2D eigenvalue weighted by Gasteiger charge is 2.39. The van der Waals surface area contributed by atoms with E-state index in [1.807, 2.05) is 0 Å². The predicted octanol–water partition coefficient (Wildman–Crippen LogP) is 2.50. The van der Waals surface area contributed by atoms with Gasteiger partial charge in [0, 0.05) is 16.7 Å². The molecule has 0 saturated heterocycles. The summed E-state index contributed by atoms with van der Waals surface area (Å²) < 4.78 is 5.23. The van der Waals surface area contributed by atoms with Crippen molar-refractivity contribution in [3.05, 3.63) is 34.4 Å². The smallest absolute Gasteiger partial charge is 0.339 e. The molecule has 4 nitrogen and oxygen atoms in total. The first-order chi connectivity index (χ1) is 8.24. The number of benzene rings is 1. The lowest BCUT2D eigenvalue weighted by Crippen LogP contribution is -2.17. The summed E-state index contributed by atoms with van der Waals surface area (Å²) in [6, 6.07) is 3.06. The molecule has 0 spiro atoms. The van der Waals surface area contributed by atoms with Crippen LogP contribution in [0.2, 0.25) is 0 Å². The van der Waals surface area contributed by atoms with Gasteiger partial charge in [-0.3, -0.25) is 9.59 Å². The van der Waals surface area contributed by atoms with Gasteiger partial charge in [0.25, 0.3) is 0 Å². The molecule has 0 saturated carbocycles. The van der Waals surface area contributed by atoms with Crippen molar-refractivity contribution in [3.8, 4) is 0 Å². The highest BCUT2D eigenvalue weighted by Crippen LogP contribution is 2.37. The standard InChI is InChI=1S/C14H14O4/c1-7(15)9-5-11-12(6-10(9)8(2)16)14(3,4)18-13(11)17/h5-6H,1-4H3. The Kier molecular flexibility index (Phi) is 2.61.